The minimum absolute atomic E-state index is 0.0161. The normalized spacial score (nSPS) is 11.1. The number of rotatable bonds is 8. The van der Waals surface area contributed by atoms with Gasteiger partial charge in [-0.1, -0.05) is 17.7 Å². The number of ketones is 1. The molecule has 0 heterocycles. The van der Waals surface area contributed by atoms with Crippen LogP contribution in [0, 0.1) is 12.7 Å². The molecule has 8 heteroatoms. The molecule has 0 atom stereocenters. The van der Waals surface area contributed by atoms with Crippen LogP contribution in [-0.2, 0) is 19.6 Å². The van der Waals surface area contributed by atoms with Gasteiger partial charge in [0.15, 0.2) is 5.78 Å². The summed E-state index contributed by atoms with van der Waals surface area (Å²) < 4.78 is 45.7. The van der Waals surface area contributed by atoms with Crippen molar-refractivity contribution in [1.82, 2.24) is 0 Å². The van der Waals surface area contributed by atoms with Crippen molar-refractivity contribution in [3.63, 3.8) is 0 Å². The molecule has 0 spiro atoms. The Morgan fingerprint density at radius 1 is 1.07 bits per heavy atom. The standard InChI is InChI=1S/C19H20FNO5S/c1-3-26-19(23)11-10-18(22)16-12-14(20)6-9-17(16)21-27(24,25)15-7-4-13(2)5-8-15/h4-9,12,21H,3,10-11H2,1-2H3. The topological polar surface area (TPSA) is 89.5 Å². The first kappa shape index (κ1) is 20.6. The van der Waals surface area contributed by atoms with Gasteiger partial charge in [0.05, 0.1) is 23.6 Å². The van der Waals surface area contributed by atoms with Crippen molar-refractivity contribution in [2.24, 2.45) is 0 Å². The van der Waals surface area contributed by atoms with Crippen LogP contribution in [0.2, 0.25) is 0 Å². The Morgan fingerprint density at radius 3 is 2.37 bits per heavy atom. The second-order valence-corrected chi connectivity index (χ2v) is 7.52. The molecule has 144 valence electrons. The Labute approximate surface area is 157 Å². The molecule has 6 nitrogen and oxygen atoms in total. The van der Waals surface area contributed by atoms with Crippen LogP contribution < -0.4 is 4.72 Å². The summed E-state index contributed by atoms with van der Waals surface area (Å²) in [6, 6.07) is 9.33. The zero-order chi connectivity index (χ0) is 20.0. The quantitative estimate of drug-likeness (QED) is 0.548. The molecule has 0 bridgehead atoms. The SMILES string of the molecule is CCOC(=O)CCC(=O)c1cc(F)ccc1NS(=O)(=O)c1ccc(C)cc1. The van der Waals surface area contributed by atoms with Crippen molar-refractivity contribution in [3.05, 3.63) is 59.4 Å². The minimum atomic E-state index is -3.96. The van der Waals surface area contributed by atoms with Crippen LogP contribution in [0.4, 0.5) is 10.1 Å². The van der Waals surface area contributed by atoms with Gasteiger partial charge in [-0.05, 0) is 44.2 Å². The Hall–Kier alpha value is -2.74. The van der Waals surface area contributed by atoms with Crippen molar-refractivity contribution < 1.29 is 27.1 Å². The monoisotopic (exact) mass is 393 g/mol. The summed E-state index contributed by atoms with van der Waals surface area (Å²) in [6.07, 6.45) is -0.394. The number of carbonyl (C=O) groups excluding carboxylic acids is 2. The van der Waals surface area contributed by atoms with E-state index in [2.05, 4.69) is 4.72 Å². The van der Waals surface area contributed by atoms with Gasteiger partial charge in [0, 0.05) is 12.0 Å². The molecule has 2 rings (SSSR count). The number of hydrogen-bond acceptors (Lipinski definition) is 5. The molecule has 0 radical (unpaired) electrons. The summed E-state index contributed by atoms with van der Waals surface area (Å²) in [5.74, 6) is -1.80. The predicted octanol–water partition coefficient (Wildman–Crippen LogP) is 3.46. The van der Waals surface area contributed by atoms with Gasteiger partial charge < -0.3 is 4.74 Å². The molecule has 0 aliphatic rings. The third kappa shape index (κ3) is 5.62. The van der Waals surface area contributed by atoms with E-state index in [1.807, 2.05) is 6.92 Å². The highest BCUT2D eigenvalue weighted by Gasteiger charge is 2.20. The van der Waals surface area contributed by atoms with Crippen molar-refractivity contribution >= 4 is 27.5 Å². The fraction of sp³-hybridized carbons (Fsp3) is 0.263. The molecule has 1 N–H and O–H groups in total. The van der Waals surface area contributed by atoms with Gasteiger partial charge >= 0.3 is 5.97 Å². The molecule has 0 saturated carbocycles. The lowest BCUT2D eigenvalue weighted by molar-refractivity contribution is -0.143. The maximum absolute atomic E-state index is 13.6. The van der Waals surface area contributed by atoms with Gasteiger partial charge in [-0.15, -0.1) is 0 Å². The van der Waals surface area contributed by atoms with E-state index >= 15 is 0 Å². The lowest BCUT2D eigenvalue weighted by Crippen LogP contribution is -2.16. The number of esters is 1. The zero-order valence-corrected chi connectivity index (χ0v) is 15.8. The summed E-state index contributed by atoms with van der Waals surface area (Å²) >= 11 is 0. The molecule has 2 aromatic carbocycles. The van der Waals surface area contributed by atoms with E-state index in [4.69, 9.17) is 4.74 Å². The molecule has 0 aliphatic heterocycles. The smallest absolute Gasteiger partial charge is 0.306 e. The van der Waals surface area contributed by atoms with Gasteiger partial charge in [-0.3, -0.25) is 14.3 Å². The highest BCUT2D eigenvalue weighted by molar-refractivity contribution is 7.92. The van der Waals surface area contributed by atoms with Gasteiger partial charge in [0.2, 0.25) is 0 Å². The molecule has 27 heavy (non-hydrogen) atoms. The van der Waals surface area contributed by atoms with Crippen molar-refractivity contribution in [2.45, 2.75) is 31.6 Å². The maximum atomic E-state index is 13.6. The molecule has 0 fully saturated rings. The third-order valence-corrected chi connectivity index (χ3v) is 5.10. The number of halogens is 1. The fourth-order valence-corrected chi connectivity index (χ4v) is 3.42. The van der Waals surface area contributed by atoms with Crippen molar-refractivity contribution in [3.8, 4) is 0 Å². The predicted molar refractivity (Wildman–Crippen MR) is 98.6 cm³/mol. The van der Waals surface area contributed by atoms with Crippen LogP contribution in [0.1, 0.15) is 35.7 Å². The summed E-state index contributed by atoms with van der Waals surface area (Å²) in [4.78, 5) is 23.8. The van der Waals surface area contributed by atoms with Crippen LogP contribution >= 0.6 is 0 Å². The number of nitrogens with one attached hydrogen (secondary N) is 1. The largest absolute Gasteiger partial charge is 0.466 e. The van der Waals surface area contributed by atoms with Crippen LogP contribution in [-0.4, -0.2) is 26.8 Å². The Morgan fingerprint density at radius 2 is 1.74 bits per heavy atom. The number of ether oxygens (including phenoxy) is 1. The third-order valence-electron chi connectivity index (χ3n) is 3.72. The molecule has 2 aromatic rings. The number of hydrogen-bond donors (Lipinski definition) is 1. The highest BCUT2D eigenvalue weighted by atomic mass is 32.2. The van der Waals surface area contributed by atoms with E-state index in [0.29, 0.717) is 0 Å². The number of Topliss-reactive ketones (excluding diaryl/α,β-unsaturated/α-hetero) is 1. The number of sulfonamides is 1. The first-order valence-electron chi connectivity index (χ1n) is 8.31. The number of aryl methyl sites for hydroxylation is 1. The Bertz CT molecular complexity index is 939. The lowest BCUT2D eigenvalue weighted by atomic mass is 10.0. The Balaban J connectivity index is 2.26. The number of carbonyl (C=O) groups is 2. The van der Waals surface area contributed by atoms with Gasteiger partial charge in [0.1, 0.15) is 5.82 Å². The molecule has 0 aromatic heterocycles. The van der Waals surface area contributed by atoms with E-state index in [9.17, 15) is 22.4 Å². The average Bonchev–Trinajstić information content (AvgIpc) is 2.61. The van der Waals surface area contributed by atoms with E-state index < -0.39 is 27.6 Å². The molecule has 0 saturated heterocycles. The molecular weight excluding hydrogens is 373 g/mol. The zero-order valence-electron chi connectivity index (χ0n) is 15.0. The fourth-order valence-electron chi connectivity index (χ4n) is 2.34. The molecule has 0 aliphatic carbocycles. The summed E-state index contributed by atoms with van der Waals surface area (Å²) in [7, 11) is -3.96. The van der Waals surface area contributed by atoms with Gasteiger partial charge in [0.25, 0.3) is 10.0 Å². The van der Waals surface area contributed by atoms with Crippen LogP contribution in [0.3, 0.4) is 0 Å². The summed E-state index contributed by atoms with van der Waals surface area (Å²) in [5.41, 5.74) is 0.700. The molecule has 0 amide bonds. The van der Waals surface area contributed by atoms with Crippen LogP contribution in [0.15, 0.2) is 47.4 Å². The van der Waals surface area contributed by atoms with Gasteiger partial charge in [-0.25, -0.2) is 12.8 Å². The van der Waals surface area contributed by atoms with E-state index in [0.717, 1.165) is 17.7 Å². The summed E-state index contributed by atoms with van der Waals surface area (Å²) in [6.45, 7) is 3.66. The van der Waals surface area contributed by atoms with E-state index in [1.165, 1.54) is 18.2 Å². The van der Waals surface area contributed by atoms with E-state index in [1.54, 1.807) is 19.1 Å². The van der Waals surface area contributed by atoms with Crippen molar-refractivity contribution in [2.75, 3.05) is 11.3 Å². The average molecular weight is 393 g/mol. The van der Waals surface area contributed by atoms with Crippen LogP contribution in [0.25, 0.3) is 0 Å². The highest BCUT2D eigenvalue weighted by Crippen LogP contribution is 2.23. The summed E-state index contributed by atoms with van der Waals surface area (Å²) in [5, 5.41) is 0. The van der Waals surface area contributed by atoms with Crippen LogP contribution in [0.5, 0.6) is 0 Å². The first-order chi connectivity index (χ1) is 12.7. The molecular formula is C19H20FNO5S. The van der Waals surface area contributed by atoms with E-state index in [-0.39, 0.29) is 35.6 Å². The molecule has 0 unspecified atom stereocenters. The number of anilines is 1. The van der Waals surface area contributed by atoms with Gasteiger partial charge in [-0.2, -0.15) is 0 Å². The first-order valence-corrected chi connectivity index (χ1v) is 9.79. The Kier molecular flexibility index (Phi) is 6.68. The number of benzene rings is 2. The van der Waals surface area contributed by atoms with Crippen molar-refractivity contribution in [1.29, 1.82) is 0 Å². The maximum Gasteiger partial charge on any atom is 0.306 e. The lowest BCUT2D eigenvalue weighted by Gasteiger charge is -2.12. The second kappa shape index (κ2) is 8.77. The minimum Gasteiger partial charge on any atom is -0.466 e. The second-order valence-electron chi connectivity index (χ2n) is 5.84.